The molecule has 0 amide bonds. The minimum absolute atomic E-state index is 0.0877. The maximum absolute atomic E-state index is 12.3. The van der Waals surface area contributed by atoms with Gasteiger partial charge in [-0.15, -0.1) is 0 Å². The summed E-state index contributed by atoms with van der Waals surface area (Å²) in [4.78, 5) is 6.47. The molecule has 1 aliphatic rings. The van der Waals surface area contributed by atoms with E-state index in [-0.39, 0.29) is 10.9 Å². The van der Waals surface area contributed by atoms with Gasteiger partial charge in [-0.25, -0.2) is 13.4 Å². The van der Waals surface area contributed by atoms with Gasteiger partial charge in [0.2, 0.25) is 15.0 Å². The van der Waals surface area contributed by atoms with E-state index < -0.39 is 9.84 Å². The molecule has 25 heavy (non-hydrogen) atoms. The molecule has 1 fully saturated rings. The minimum Gasteiger partial charge on any atom is -0.378 e. The predicted octanol–water partition coefficient (Wildman–Crippen LogP) is 2.87. The van der Waals surface area contributed by atoms with E-state index in [4.69, 9.17) is 4.74 Å². The van der Waals surface area contributed by atoms with Crippen molar-refractivity contribution in [1.29, 1.82) is 0 Å². The molecule has 0 aromatic carbocycles. The first-order chi connectivity index (χ1) is 12.0. The van der Waals surface area contributed by atoms with E-state index in [2.05, 4.69) is 23.9 Å². The second-order valence-electron chi connectivity index (χ2n) is 6.96. The Morgan fingerprint density at radius 3 is 2.80 bits per heavy atom. The monoisotopic (exact) mass is 371 g/mol. The van der Waals surface area contributed by atoms with E-state index in [9.17, 15) is 8.42 Å². The molecule has 1 saturated heterocycles. The number of hydrogen-bond acceptors (Lipinski definition) is 5. The van der Waals surface area contributed by atoms with E-state index in [1.54, 1.807) is 13.1 Å². The fourth-order valence-corrected chi connectivity index (χ4v) is 4.22. The van der Waals surface area contributed by atoms with E-state index >= 15 is 0 Å². The molecule has 1 aromatic rings. The number of nitrogens with zero attached hydrogens (tertiary/aromatic N) is 3. The Morgan fingerprint density at radius 1 is 1.36 bits per heavy atom. The van der Waals surface area contributed by atoms with Crippen LogP contribution in [-0.4, -0.2) is 54.9 Å². The number of sulfone groups is 1. The summed E-state index contributed by atoms with van der Waals surface area (Å²) in [6.07, 6.45) is 8.70. The SMILES string of the molecule is CCCCn1c(CN(C)CCC2CCCCO2)cnc1S(=O)(=O)CC. The van der Waals surface area contributed by atoms with Crippen molar-refractivity contribution < 1.29 is 13.2 Å². The van der Waals surface area contributed by atoms with Crippen molar-refractivity contribution in [3.05, 3.63) is 11.9 Å². The zero-order chi connectivity index (χ0) is 18.3. The number of hydrogen-bond donors (Lipinski definition) is 0. The lowest BCUT2D eigenvalue weighted by Crippen LogP contribution is -2.27. The average molecular weight is 372 g/mol. The van der Waals surface area contributed by atoms with Gasteiger partial charge >= 0.3 is 0 Å². The lowest BCUT2D eigenvalue weighted by molar-refractivity contribution is 0.00631. The van der Waals surface area contributed by atoms with Gasteiger partial charge in [0.05, 0.1) is 23.7 Å². The Bertz CT molecular complexity index is 622. The standard InChI is InChI=1S/C18H33N3O3S/c1-4-6-11-21-16(14-19-18(21)25(22,23)5-2)15-20(3)12-10-17-9-7-8-13-24-17/h14,17H,4-13,15H2,1-3H3. The largest absolute Gasteiger partial charge is 0.378 e. The van der Waals surface area contributed by atoms with Crippen LogP contribution in [0.25, 0.3) is 0 Å². The van der Waals surface area contributed by atoms with Gasteiger partial charge < -0.3 is 14.2 Å². The van der Waals surface area contributed by atoms with Crippen molar-refractivity contribution in [2.75, 3.05) is 26.0 Å². The van der Waals surface area contributed by atoms with Crippen LogP contribution in [0.3, 0.4) is 0 Å². The number of aromatic nitrogens is 2. The maximum Gasteiger partial charge on any atom is 0.227 e. The Labute approximate surface area is 152 Å². The molecule has 1 aromatic heterocycles. The molecule has 0 aliphatic carbocycles. The second kappa shape index (κ2) is 9.69. The summed E-state index contributed by atoms with van der Waals surface area (Å²) >= 11 is 0. The molecular weight excluding hydrogens is 338 g/mol. The van der Waals surface area contributed by atoms with Gasteiger partial charge in [-0.3, -0.25) is 0 Å². The number of rotatable bonds is 10. The highest BCUT2D eigenvalue weighted by atomic mass is 32.2. The summed E-state index contributed by atoms with van der Waals surface area (Å²) in [5.41, 5.74) is 0.979. The Kier molecular flexibility index (Phi) is 7.90. The molecule has 144 valence electrons. The summed E-state index contributed by atoms with van der Waals surface area (Å²) < 4.78 is 32.3. The number of ether oxygens (including phenoxy) is 1. The quantitative estimate of drug-likeness (QED) is 0.633. The zero-order valence-corrected chi connectivity index (χ0v) is 16.7. The van der Waals surface area contributed by atoms with Crippen molar-refractivity contribution in [2.24, 2.45) is 0 Å². The first-order valence-electron chi connectivity index (χ1n) is 9.55. The minimum atomic E-state index is -3.29. The van der Waals surface area contributed by atoms with Crippen LogP contribution in [0.5, 0.6) is 0 Å². The molecule has 0 saturated carbocycles. The molecule has 1 atom stereocenters. The Morgan fingerprint density at radius 2 is 2.16 bits per heavy atom. The fraction of sp³-hybridized carbons (Fsp3) is 0.833. The predicted molar refractivity (Wildman–Crippen MR) is 99.4 cm³/mol. The van der Waals surface area contributed by atoms with Crippen LogP contribution in [0.15, 0.2) is 11.4 Å². The molecule has 2 rings (SSSR count). The van der Waals surface area contributed by atoms with Gasteiger partial charge in [-0.05, 0) is 39.2 Å². The van der Waals surface area contributed by atoms with E-state index in [0.29, 0.717) is 19.2 Å². The molecule has 1 unspecified atom stereocenters. The first-order valence-corrected chi connectivity index (χ1v) is 11.2. The lowest BCUT2D eigenvalue weighted by atomic mass is 10.1. The summed E-state index contributed by atoms with van der Waals surface area (Å²) in [5, 5.41) is 0.225. The maximum atomic E-state index is 12.3. The molecule has 7 heteroatoms. The van der Waals surface area contributed by atoms with Gasteiger partial charge in [0.25, 0.3) is 0 Å². The first kappa shape index (κ1) is 20.4. The van der Waals surface area contributed by atoms with E-state index in [1.165, 1.54) is 12.8 Å². The topological polar surface area (TPSA) is 64.4 Å². The lowest BCUT2D eigenvalue weighted by Gasteiger charge is -2.25. The second-order valence-corrected chi connectivity index (χ2v) is 9.13. The van der Waals surface area contributed by atoms with Crippen molar-refractivity contribution in [1.82, 2.24) is 14.5 Å². The van der Waals surface area contributed by atoms with Crippen LogP contribution in [-0.2, 0) is 27.7 Å². The molecule has 0 N–H and O–H groups in total. The van der Waals surface area contributed by atoms with Gasteiger partial charge in [0.15, 0.2) is 0 Å². The number of imidazole rings is 1. The molecule has 2 heterocycles. The van der Waals surface area contributed by atoms with Crippen molar-refractivity contribution in [2.45, 2.75) is 76.7 Å². The molecular formula is C18H33N3O3S. The molecule has 1 aliphatic heterocycles. The van der Waals surface area contributed by atoms with Crippen LogP contribution < -0.4 is 0 Å². The Balaban J connectivity index is 2.01. The Hall–Kier alpha value is -0.920. The normalized spacial score (nSPS) is 18.8. The molecule has 0 radical (unpaired) electrons. The molecule has 0 spiro atoms. The van der Waals surface area contributed by atoms with Crippen molar-refractivity contribution in [3.63, 3.8) is 0 Å². The van der Waals surface area contributed by atoms with E-state index in [0.717, 1.165) is 44.5 Å². The van der Waals surface area contributed by atoms with Gasteiger partial charge in [0.1, 0.15) is 0 Å². The smallest absolute Gasteiger partial charge is 0.227 e. The van der Waals surface area contributed by atoms with Gasteiger partial charge in [-0.1, -0.05) is 20.3 Å². The van der Waals surface area contributed by atoms with Crippen LogP contribution >= 0.6 is 0 Å². The van der Waals surface area contributed by atoms with Crippen molar-refractivity contribution in [3.8, 4) is 0 Å². The third-order valence-corrected chi connectivity index (χ3v) is 6.48. The van der Waals surface area contributed by atoms with Crippen molar-refractivity contribution >= 4 is 9.84 Å². The van der Waals surface area contributed by atoms with Crippen LogP contribution in [0, 0.1) is 0 Å². The van der Waals surface area contributed by atoms with Crippen LogP contribution in [0.1, 0.15) is 58.1 Å². The summed E-state index contributed by atoms with van der Waals surface area (Å²) in [6, 6.07) is 0. The number of unbranched alkanes of at least 4 members (excludes halogenated alkanes) is 1. The highest BCUT2D eigenvalue weighted by molar-refractivity contribution is 7.91. The summed E-state index contributed by atoms with van der Waals surface area (Å²) in [7, 11) is -1.21. The third-order valence-electron chi connectivity index (χ3n) is 4.83. The van der Waals surface area contributed by atoms with Gasteiger partial charge in [0, 0.05) is 26.2 Å². The molecule has 6 nitrogen and oxygen atoms in total. The average Bonchev–Trinajstić information content (AvgIpc) is 3.02. The fourth-order valence-electron chi connectivity index (χ4n) is 3.21. The molecule has 0 bridgehead atoms. The van der Waals surface area contributed by atoms with Crippen LogP contribution in [0.2, 0.25) is 0 Å². The zero-order valence-electron chi connectivity index (χ0n) is 15.9. The third kappa shape index (κ3) is 5.79. The van der Waals surface area contributed by atoms with Gasteiger partial charge in [-0.2, -0.15) is 0 Å². The van der Waals surface area contributed by atoms with Crippen LogP contribution in [0.4, 0.5) is 0 Å². The highest BCUT2D eigenvalue weighted by Crippen LogP contribution is 2.18. The summed E-state index contributed by atoms with van der Waals surface area (Å²) in [5.74, 6) is 0.0877. The van der Waals surface area contributed by atoms with E-state index in [1.807, 2.05) is 4.57 Å². The highest BCUT2D eigenvalue weighted by Gasteiger charge is 2.22. The summed E-state index contributed by atoms with van der Waals surface area (Å²) in [6.45, 7) is 7.03.